The second-order valence-corrected chi connectivity index (χ2v) is 8.32. The number of alkyl halides is 3. The van der Waals surface area contributed by atoms with Crippen molar-refractivity contribution in [2.45, 2.75) is 51.3 Å². The van der Waals surface area contributed by atoms with E-state index in [1.807, 2.05) is 6.07 Å². The molecule has 0 N–H and O–H groups in total. The molecule has 1 aliphatic rings. The van der Waals surface area contributed by atoms with Crippen molar-refractivity contribution in [1.29, 1.82) is 0 Å². The highest BCUT2D eigenvalue weighted by Gasteiger charge is 2.31. The molecule has 0 radical (unpaired) electrons. The van der Waals surface area contributed by atoms with Gasteiger partial charge in [-0.05, 0) is 84.2 Å². The van der Waals surface area contributed by atoms with Crippen LogP contribution in [0.15, 0.2) is 60.7 Å². The van der Waals surface area contributed by atoms with Gasteiger partial charge >= 0.3 is 6.36 Å². The van der Waals surface area contributed by atoms with Gasteiger partial charge in [0.2, 0.25) is 0 Å². The van der Waals surface area contributed by atoms with E-state index in [-0.39, 0.29) is 11.6 Å². The monoisotopic (exact) mass is 452 g/mol. The molecule has 1 nitrogen and oxygen atoms in total. The minimum atomic E-state index is -4.74. The Morgan fingerprint density at radius 1 is 0.939 bits per heavy atom. The average Bonchev–Trinajstić information content (AvgIpc) is 2.79. The van der Waals surface area contributed by atoms with Gasteiger partial charge in [-0.25, -0.2) is 4.39 Å². The molecule has 0 fully saturated rings. The molecule has 0 amide bonds. The van der Waals surface area contributed by atoms with Crippen molar-refractivity contribution >= 4 is 0 Å². The maximum atomic E-state index is 15.1. The smallest absolute Gasteiger partial charge is 0.406 e. The number of ether oxygens (including phenoxy) is 1. The van der Waals surface area contributed by atoms with Crippen molar-refractivity contribution in [3.05, 3.63) is 99.9 Å². The molecule has 0 spiro atoms. The number of fused-ring (bicyclic) bond motifs is 1. The van der Waals surface area contributed by atoms with Crippen LogP contribution in [0.25, 0.3) is 0 Å². The molecule has 0 aliphatic heterocycles. The SMILES string of the molecule is CCCc1ccc(C2CCc3c(ccc(C#Cc4ccc(OC(F)(F)F)cc4)c3F)C2)cc1. The van der Waals surface area contributed by atoms with E-state index in [0.717, 1.165) is 36.8 Å². The maximum absolute atomic E-state index is 15.1. The molecule has 0 saturated carbocycles. The van der Waals surface area contributed by atoms with Crippen LogP contribution in [0.1, 0.15) is 59.1 Å². The van der Waals surface area contributed by atoms with Gasteiger partial charge in [0.25, 0.3) is 0 Å². The summed E-state index contributed by atoms with van der Waals surface area (Å²) in [5.41, 5.74) is 5.15. The normalized spacial score (nSPS) is 15.4. The number of hydrogen-bond donors (Lipinski definition) is 0. The summed E-state index contributed by atoms with van der Waals surface area (Å²) in [7, 11) is 0. The first kappa shape index (κ1) is 22.9. The molecule has 1 aliphatic carbocycles. The Labute approximate surface area is 191 Å². The van der Waals surface area contributed by atoms with Crippen LogP contribution >= 0.6 is 0 Å². The number of hydrogen-bond acceptors (Lipinski definition) is 1. The second-order valence-electron chi connectivity index (χ2n) is 8.32. The van der Waals surface area contributed by atoms with Gasteiger partial charge in [-0.1, -0.05) is 55.5 Å². The van der Waals surface area contributed by atoms with Gasteiger partial charge in [-0.3, -0.25) is 0 Å². The number of halogens is 4. The highest BCUT2D eigenvalue weighted by atomic mass is 19.4. The molecule has 0 bridgehead atoms. The van der Waals surface area contributed by atoms with E-state index in [1.54, 1.807) is 6.07 Å². The third-order valence-corrected chi connectivity index (χ3v) is 5.97. The lowest BCUT2D eigenvalue weighted by Crippen LogP contribution is -2.16. The van der Waals surface area contributed by atoms with Gasteiger partial charge in [0, 0.05) is 5.56 Å². The molecule has 3 aromatic rings. The lowest BCUT2D eigenvalue weighted by Gasteiger charge is -2.26. The molecule has 5 heteroatoms. The Morgan fingerprint density at radius 3 is 2.33 bits per heavy atom. The average molecular weight is 452 g/mol. The van der Waals surface area contributed by atoms with Crippen molar-refractivity contribution in [2.24, 2.45) is 0 Å². The van der Waals surface area contributed by atoms with Crippen molar-refractivity contribution < 1.29 is 22.3 Å². The van der Waals surface area contributed by atoms with Gasteiger partial charge < -0.3 is 4.74 Å². The highest BCUT2D eigenvalue weighted by molar-refractivity contribution is 5.48. The van der Waals surface area contributed by atoms with Gasteiger partial charge in [0.15, 0.2) is 0 Å². The largest absolute Gasteiger partial charge is 0.573 e. The number of aryl methyl sites for hydroxylation is 1. The summed E-state index contributed by atoms with van der Waals surface area (Å²) in [6.45, 7) is 2.17. The van der Waals surface area contributed by atoms with Crippen LogP contribution in [-0.2, 0) is 19.3 Å². The summed E-state index contributed by atoms with van der Waals surface area (Å²) in [6.07, 6.45) is -0.201. The van der Waals surface area contributed by atoms with E-state index in [2.05, 4.69) is 47.8 Å². The van der Waals surface area contributed by atoms with Crippen LogP contribution in [-0.4, -0.2) is 6.36 Å². The zero-order valence-electron chi connectivity index (χ0n) is 18.3. The Kier molecular flexibility index (Phi) is 6.74. The predicted molar refractivity (Wildman–Crippen MR) is 121 cm³/mol. The minimum absolute atomic E-state index is 0.297. The third kappa shape index (κ3) is 5.76. The van der Waals surface area contributed by atoms with E-state index in [1.165, 1.54) is 35.4 Å². The first-order chi connectivity index (χ1) is 15.8. The Hall–Kier alpha value is -3.26. The summed E-state index contributed by atoms with van der Waals surface area (Å²) in [6, 6.07) is 17.6. The quantitative estimate of drug-likeness (QED) is 0.297. The van der Waals surface area contributed by atoms with Crippen LogP contribution in [0.3, 0.4) is 0 Å². The first-order valence-electron chi connectivity index (χ1n) is 11.1. The van der Waals surface area contributed by atoms with E-state index in [4.69, 9.17) is 0 Å². The van der Waals surface area contributed by atoms with Crippen LogP contribution in [0.4, 0.5) is 17.6 Å². The third-order valence-electron chi connectivity index (χ3n) is 5.97. The van der Waals surface area contributed by atoms with Gasteiger partial charge in [-0.2, -0.15) is 0 Å². The molecule has 170 valence electrons. The van der Waals surface area contributed by atoms with Gasteiger partial charge in [-0.15, -0.1) is 13.2 Å². The lowest BCUT2D eigenvalue weighted by molar-refractivity contribution is -0.274. The summed E-state index contributed by atoms with van der Waals surface area (Å²) in [4.78, 5) is 0. The van der Waals surface area contributed by atoms with E-state index in [0.29, 0.717) is 23.5 Å². The molecular weight excluding hydrogens is 428 g/mol. The lowest BCUT2D eigenvalue weighted by atomic mass is 9.79. The van der Waals surface area contributed by atoms with E-state index >= 15 is 4.39 Å². The van der Waals surface area contributed by atoms with Gasteiger partial charge in [0.05, 0.1) is 5.56 Å². The highest BCUT2D eigenvalue weighted by Crippen LogP contribution is 2.35. The van der Waals surface area contributed by atoms with Crippen molar-refractivity contribution in [2.75, 3.05) is 0 Å². The molecular formula is C28H24F4O. The summed E-state index contributed by atoms with van der Waals surface area (Å²) < 4.78 is 55.8. The van der Waals surface area contributed by atoms with Crippen LogP contribution < -0.4 is 4.74 Å². The molecule has 1 unspecified atom stereocenters. The molecule has 33 heavy (non-hydrogen) atoms. The Morgan fingerprint density at radius 2 is 1.67 bits per heavy atom. The molecule has 0 heterocycles. The van der Waals surface area contributed by atoms with Crippen molar-refractivity contribution in [3.63, 3.8) is 0 Å². The molecule has 1 atom stereocenters. The molecule has 0 aromatic heterocycles. The van der Waals surface area contributed by atoms with Crippen molar-refractivity contribution in [3.8, 4) is 17.6 Å². The van der Waals surface area contributed by atoms with E-state index in [9.17, 15) is 13.2 Å². The summed E-state index contributed by atoms with van der Waals surface area (Å²) in [5, 5.41) is 0. The maximum Gasteiger partial charge on any atom is 0.573 e. The minimum Gasteiger partial charge on any atom is -0.406 e. The zero-order chi connectivity index (χ0) is 23.4. The standard InChI is InChI=1S/C28H24F4O/c1-2-3-19-4-9-21(10-5-19)23-14-17-26-24(18-23)13-12-22(27(26)29)11-6-20-7-15-25(16-8-20)33-28(30,31)32/h4-5,7-10,12-13,15-16,23H,2-3,14,17-18H2,1H3. The Bertz CT molecular complexity index is 1170. The van der Waals surface area contributed by atoms with Crippen LogP contribution in [0, 0.1) is 17.7 Å². The summed E-state index contributed by atoms with van der Waals surface area (Å²) in [5.74, 6) is 5.40. The topological polar surface area (TPSA) is 9.23 Å². The van der Waals surface area contributed by atoms with Gasteiger partial charge in [0.1, 0.15) is 11.6 Å². The number of rotatable bonds is 4. The Balaban J connectivity index is 1.48. The molecule has 3 aromatic carbocycles. The fourth-order valence-electron chi connectivity index (χ4n) is 4.31. The molecule has 0 saturated heterocycles. The fourth-order valence-corrected chi connectivity index (χ4v) is 4.31. The number of benzene rings is 3. The molecule has 4 rings (SSSR count). The van der Waals surface area contributed by atoms with Crippen molar-refractivity contribution in [1.82, 2.24) is 0 Å². The predicted octanol–water partition coefficient (Wildman–Crippen LogP) is 7.35. The second kappa shape index (κ2) is 9.70. The van der Waals surface area contributed by atoms with Crippen LogP contribution in [0.5, 0.6) is 5.75 Å². The van der Waals surface area contributed by atoms with E-state index < -0.39 is 6.36 Å². The summed E-state index contributed by atoms with van der Waals surface area (Å²) >= 11 is 0. The first-order valence-corrected chi connectivity index (χ1v) is 11.1. The fraction of sp³-hybridized carbons (Fsp3) is 0.286. The zero-order valence-corrected chi connectivity index (χ0v) is 18.3. The van der Waals surface area contributed by atoms with Crippen LogP contribution in [0.2, 0.25) is 0 Å².